The molecule has 5 nitrogen and oxygen atoms in total. The molecular formula is C57H40N4O. The van der Waals surface area contributed by atoms with Crippen molar-refractivity contribution in [2.24, 2.45) is 5.92 Å². The number of allylic oxidation sites excluding steroid dienone is 3. The van der Waals surface area contributed by atoms with Crippen LogP contribution in [0.2, 0.25) is 0 Å². The van der Waals surface area contributed by atoms with Gasteiger partial charge in [-0.25, -0.2) is 0 Å². The van der Waals surface area contributed by atoms with Crippen LogP contribution in [0.1, 0.15) is 28.2 Å². The summed E-state index contributed by atoms with van der Waals surface area (Å²) in [6.45, 7) is 0. The highest BCUT2D eigenvalue weighted by atomic mass is 16.4. The zero-order valence-electron chi connectivity index (χ0n) is 33.8. The van der Waals surface area contributed by atoms with Gasteiger partial charge in [0.25, 0.3) is 0 Å². The van der Waals surface area contributed by atoms with E-state index in [0.717, 1.165) is 39.6 Å². The lowest BCUT2D eigenvalue weighted by molar-refractivity contribution is 0.462. The Bertz CT molecular complexity index is 3050. The van der Waals surface area contributed by atoms with Gasteiger partial charge in [-0.3, -0.25) is 0 Å². The maximum absolute atomic E-state index is 6.16. The molecule has 0 fully saturated rings. The molecule has 0 saturated carbocycles. The van der Waals surface area contributed by atoms with Crippen molar-refractivity contribution in [3.63, 3.8) is 0 Å². The number of aromatic nitrogens is 2. The van der Waals surface area contributed by atoms with E-state index in [-0.39, 0.29) is 11.8 Å². The molecular weight excluding hydrogens is 757 g/mol. The lowest BCUT2D eigenvalue weighted by atomic mass is 9.65. The van der Waals surface area contributed by atoms with Crippen molar-refractivity contribution in [3.8, 4) is 34.0 Å². The highest BCUT2D eigenvalue weighted by Crippen LogP contribution is 2.66. The van der Waals surface area contributed by atoms with Crippen molar-refractivity contribution in [1.82, 2.24) is 10.2 Å². The van der Waals surface area contributed by atoms with E-state index in [9.17, 15) is 0 Å². The number of para-hydroxylation sites is 3. The van der Waals surface area contributed by atoms with Gasteiger partial charge in [-0.2, -0.15) is 0 Å². The molecule has 0 amide bonds. The molecule has 0 bridgehead atoms. The number of rotatable bonds is 8. The Morgan fingerprint density at radius 3 is 1.47 bits per heavy atom. The van der Waals surface area contributed by atoms with Crippen LogP contribution < -0.4 is 9.80 Å². The van der Waals surface area contributed by atoms with E-state index >= 15 is 0 Å². The summed E-state index contributed by atoms with van der Waals surface area (Å²) in [5.41, 5.74) is 16.0. The molecule has 1 aromatic heterocycles. The lowest BCUT2D eigenvalue weighted by Crippen LogP contribution is -2.34. The smallest absolute Gasteiger partial charge is 0.248 e. The first-order valence-corrected chi connectivity index (χ1v) is 21.2. The largest absolute Gasteiger partial charge is 0.416 e. The molecule has 1 spiro atoms. The fraction of sp³-hybridized carbons (Fsp3) is 0.0526. The fourth-order valence-corrected chi connectivity index (χ4v) is 10.3. The van der Waals surface area contributed by atoms with Crippen LogP contribution in [-0.2, 0) is 5.41 Å². The monoisotopic (exact) mass is 796 g/mol. The molecule has 2 atom stereocenters. The average Bonchev–Trinajstić information content (AvgIpc) is 4.04. The zero-order valence-corrected chi connectivity index (χ0v) is 33.8. The van der Waals surface area contributed by atoms with Gasteiger partial charge in [0, 0.05) is 57.1 Å². The van der Waals surface area contributed by atoms with Gasteiger partial charge in [-0.1, -0.05) is 140 Å². The third-order valence-electron chi connectivity index (χ3n) is 12.9. The minimum absolute atomic E-state index is 0.104. The molecule has 8 aromatic carbocycles. The summed E-state index contributed by atoms with van der Waals surface area (Å²) in [5.74, 6) is 1.26. The Labute approximate surface area is 361 Å². The Morgan fingerprint density at radius 2 is 0.887 bits per heavy atom. The second-order valence-electron chi connectivity index (χ2n) is 16.2. The maximum Gasteiger partial charge on any atom is 0.248 e. The summed E-state index contributed by atoms with van der Waals surface area (Å²) in [4.78, 5) is 4.76. The Hall–Kier alpha value is -8.02. The second kappa shape index (κ2) is 14.6. The van der Waals surface area contributed by atoms with Gasteiger partial charge in [-0.15, -0.1) is 10.2 Å². The van der Waals surface area contributed by atoms with Crippen LogP contribution in [0.15, 0.2) is 241 Å². The molecule has 294 valence electrons. The Kier molecular flexibility index (Phi) is 8.46. The average molecular weight is 797 g/mol. The van der Waals surface area contributed by atoms with Crippen LogP contribution in [0.3, 0.4) is 0 Å². The van der Waals surface area contributed by atoms with Crippen molar-refractivity contribution < 1.29 is 4.42 Å². The summed E-state index contributed by atoms with van der Waals surface area (Å²) in [7, 11) is 0. The minimum atomic E-state index is -0.446. The van der Waals surface area contributed by atoms with E-state index in [1.165, 1.54) is 39.1 Å². The molecule has 0 aliphatic heterocycles. The third-order valence-corrected chi connectivity index (χ3v) is 12.9. The predicted molar refractivity (Wildman–Crippen MR) is 250 cm³/mol. The number of anilines is 5. The number of hydrogen-bond donors (Lipinski definition) is 0. The van der Waals surface area contributed by atoms with Gasteiger partial charge in [0.2, 0.25) is 11.8 Å². The molecule has 0 N–H and O–H groups in total. The first kappa shape index (κ1) is 35.9. The summed E-state index contributed by atoms with van der Waals surface area (Å²) < 4.78 is 6.16. The number of hydrogen-bond acceptors (Lipinski definition) is 5. The van der Waals surface area contributed by atoms with Gasteiger partial charge in [0.05, 0.1) is 5.41 Å². The van der Waals surface area contributed by atoms with Crippen molar-refractivity contribution in [2.75, 3.05) is 9.80 Å². The summed E-state index contributed by atoms with van der Waals surface area (Å²) in [6, 6.07) is 75.8. The first-order valence-electron chi connectivity index (χ1n) is 21.2. The van der Waals surface area contributed by atoms with Crippen LogP contribution in [0.4, 0.5) is 28.4 Å². The van der Waals surface area contributed by atoms with Crippen LogP contribution in [0.5, 0.6) is 0 Å². The van der Waals surface area contributed by atoms with E-state index < -0.39 is 5.41 Å². The molecule has 62 heavy (non-hydrogen) atoms. The van der Waals surface area contributed by atoms with Crippen LogP contribution in [-0.4, -0.2) is 10.2 Å². The van der Waals surface area contributed by atoms with Gasteiger partial charge < -0.3 is 14.2 Å². The normalized spacial score (nSPS) is 16.2. The van der Waals surface area contributed by atoms with E-state index in [1.54, 1.807) is 0 Å². The quantitative estimate of drug-likeness (QED) is 0.153. The molecule has 0 saturated heterocycles. The SMILES string of the molecule is C1=CC2c3ccc(N(c4ccccc4)c4ccc(-c5nnc(-c6ccccc6)o5)cc4)cc3C3(c4ccccc4-c4ccccc43)C2C=C1N(c1ccccc1)c1ccccc1. The van der Waals surface area contributed by atoms with Gasteiger partial charge in [0.15, 0.2) is 0 Å². The van der Waals surface area contributed by atoms with Crippen molar-refractivity contribution in [1.29, 1.82) is 0 Å². The summed E-state index contributed by atoms with van der Waals surface area (Å²) in [5, 5.41) is 8.77. The molecule has 1 heterocycles. The summed E-state index contributed by atoms with van der Waals surface area (Å²) in [6.07, 6.45) is 7.37. The van der Waals surface area contributed by atoms with Crippen LogP contribution in [0.25, 0.3) is 34.0 Å². The Balaban J connectivity index is 1.02. The van der Waals surface area contributed by atoms with Crippen molar-refractivity contribution in [2.45, 2.75) is 11.3 Å². The molecule has 0 radical (unpaired) electrons. The number of fused-ring (bicyclic) bond motifs is 10. The molecule has 12 rings (SSSR count). The van der Waals surface area contributed by atoms with Gasteiger partial charge in [0.1, 0.15) is 0 Å². The van der Waals surface area contributed by atoms with E-state index in [4.69, 9.17) is 4.42 Å². The van der Waals surface area contributed by atoms with Crippen molar-refractivity contribution >= 4 is 28.4 Å². The second-order valence-corrected chi connectivity index (χ2v) is 16.2. The maximum atomic E-state index is 6.16. The third kappa shape index (κ3) is 5.62. The molecule has 3 aliphatic rings. The van der Waals surface area contributed by atoms with Gasteiger partial charge >= 0.3 is 0 Å². The summed E-state index contributed by atoms with van der Waals surface area (Å²) >= 11 is 0. The molecule has 2 unspecified atom stereocenters. The van der Waals surface area contributed by atoms with E-state index in [1.807, 2.05) is 30.3 Å². The predicted octanol–water partition coefficient (Wildman–Crippen LogP) is 14.2. The lowest BCUT2D eigenvalue weighted by Gasteiger charge is -2.38. The molecule has 5 heteroatoms. The highest BCUT2D eigenvalue weighted by molar-refractivity contribution is 5.88. The standard InChI is InChI=1S/C57H40N4O/c1-5-17-39(18-6-1)55-58-59-56(62-55)40-29-31-44(32-30-40)61(43-23-11-4-12-24-43)46-34-36-50-49-35-33-45(60(41-19-7-2-8-20-41)42-21-9-3-10-22-42)37-53(49)57(54(50)38-46)51-27-15-13-25-47(51)48-26-14-16-28-52(48)57/h1-38,49,53H. The molecule has 3 aliphatic carbocycles. The van der Waals surface area contributed by atoms with Crippen LogP contribution in [0, 0.1) is 5.92 Å². The fourth-order valence-electron chi connectivity index (χ4n) is 10.3. The zero-order chi connectivity index (χ0) is 41.0. The number of nitrogens with zero attached hydrogens (tertiary/aromatic N) is 4. The molecule has 9 aromatic rings. The Morgan fingerprint density at radius 1 is 0.419 bits per heavy atom. The van der Waals surface area contributed by atoms with E-state index in [0.29, 0.717) is 11.8 Å². The highest BCUT2D eigenvalue weighted by Gasteiger charge is 2.57. The van der Waals surface area contributed by atoms with E-state index in [2.05, 4.69) is 220 Å². The topological polar surface area (TPSA) is 45.4 Å². The number of benzene rings is 8. The van der Waals surface area contributed by atoms with Crippen molar-refractivity contribution in [3.05, 3.63) is 259 Å². The van der Waals surface area contributed by atoms with Gasteiger partial charge in [-0.05, 0) is 124 Å². The van der Waals surface area contributed by atoms with Crippen LogP contribution >= 0.6 is 0 Å². The first-order chi connectivity index (χ1) is 30.8. The minimum Gasteiger partial charge on any atom is -0.416 e.